The molecule has 0 spiro atoms. The van der Waals surface area contributed by atoms with Crippen molar-refractivity contribution in [2.75, 3.05) is 5.32 Å². The maximum atomic E-state index is 12.9. The second-order valence-corrected chi connectivity index (χ2v) is 7.16. The molecule has 2 aromatic carbocycles. The third kappa shape index (κ3) is 3.88. The summed E-state index contributed by atoms with van der Waals surface area (Å²) in [5.74, 6) is -0.353. The zero-order valence-electron chi connectivity index (χ0n) is 15.4. The first-order valence-corrected chi connectivity index (χ1v) is 9.63. The van der Waals surface area contributed by atoms with Gasteiger partial charge >= 0.3 is 0 Å². The van der Waals surface area contributed by atoms with Crippen molar-refractivity contribution in [3.05, 3.63) is 94.4 Å². The van der Waals surface area contributed by atoms with Gasteiger partial charge in [-0.25, -0.2) is 9.67 Å². The lowest BCUT2D eigenvalue weighted by atomic mass is 10.1. The van der Waals surface area contributed by atoms with Crippen LogP contribution in [0.5, 0.6) is 0 Å². The molecule has 4 rings (SSSR count). The quantitative estimate of drug-likeness (QED) is 0.422. The molecule has 0 atom stereocenters. The second-order valence-electron chi connectivity index (χ2n) is 6.36. The average molecular weight is 423 g/mol. The van der Waals surface area contributed by atoms with Crippen molar-refractivity contribution in [3.63, 3.8) is 0 Å². The van der Waals surface area contributed by atoms with Gasteiger partial charge in [-0.1, -0.05) is 59.6 Å². The van der Waals surface area contributed by atoms with Gasteiger partial charge in [-0.2, -0.15) is 5.10 Å². The monoisotopic (exact) mass is 422 g/mol. The highest BCUT2D eigenvalue weighted by atomic mass is 35.5. The van der Waals surface area contributed by atoms with Gasteiger partial charge in [0.25, 0.3) is 5.91 Å². The van der Waals surface area contributed by atoms with E-state index in [1.54, 1.807) is 22.9 Å². The minimum Gasteiger partial charge on any atom is -0.318 e. The summed E-state index contributed by atoms with van der Waals surface area (Å²) in [6.45, 7) is 1.84. The second kappa shape index (κ2) is 8.07. The summed E-state index contributed by atoms with van der Waals surface area (Å²) < 4.78 is 1.77. The van der Waals surface area contributed by atoms with E-state index >= 15 is 0 Å². The van der Waals surface area contributed by atoms with Crippen LogP contribution in [-0.2, 0) is 0 Å². The number of anilines is 1. The molecule has 1 amide bonds. The fraction of sp³-hybridized carbons (Fsp3) is 0.0455. The van der Waals surface area contributed by atoms with E-state index in [9.17, 15) is 4.79 Å². The van der Waals surface area contributed by atoms with Gasteiger partial charge in [0.15, 0.2) is 0 Å². The molecule has 0 saturated heterocycles. The van der Waals surface area contributed by atoms with Gasteiger partial charge in [0.1, 0.15) is 5.15 Å². The van der Waals surface area contributed by atoms with Crippen molar-refractivity contribution in [2.45, 2.75) is 6.92 Å². The lowest BCUT2D eigenvalue weighted by Gasteiger charge is -2.12. The van der Waals surface area contributed by atoms with E-state index in [0.29, 0.717) is 22.0 Å². The van der Waals surface area contributed by atoms with Crippen LogP contribution in [0.15, 0.2) is 72.9 Å². The minimum atomic E-state index is -0.353. The van der Waals surface area contributed by atoms with Crippen LogP contribution >= 0.6 is 23.2 Å². The first-order valence-electron chi connectivity index (χ1n) is 8.87. The van der Waals surface area contributed by atoms with Crippen LogP contribution in [0.2, 0.25) is 10.2 Å². The normalized spacial score (nSPS) is 10.7. The molecule has 2 heterocycles. The summed E-state index contributed by atoms with van der Waals surface area (Å²) in [5, 5.41) is 8.37. The number of halogens is 2. The third-order valence-electron chi connectivity index (χ3n) is 4.40. The van der Waals surface area contributed by atoms with Crippen molar-refractivity contribution in [3.8, 4) is 16.9 Å². The molecule has 0 bridgehead atoms. The number of carbonyl (C=O) groups excluding carboxylic acids is 1. The smallest absolute Gasteiger partial charge is 0.258 e. The topological polar surface area (TPSA) is 59.8 Å². The molecule has 0 radical (unpaired) electrons. The van der Waals surface area contributed by atoms with Gasteiger partial charge in [-0.3, -0.25) is 4.79 Å². The van der Waals surface area contributed by atoms with E-state index in [4.69, 9.17) is 23.2 Å². The maximum Gasteiger partial charge on any atom is 0.258 e. The Labute approximate surface area is 177 Å². The molecular weight excluding hydrogens is 407 g/mol. The Balaban J connectivity index is 1.86. The van der Waals surface area contributed by atoms with Crippen LogP contribution in [0.1, 0.15) is 16.1 Å². The van der Waals surface area contributed by atoms with Crippen molar-refractivity contribution in [1.29, 1.82) is 0 Å². The molecule has 0 aliphatic carbocycles. The summed E-state index contributed by atoms with van der Waals surface area (Å²) in [6.07, 6.45) is 1.54. The van der Waals surface area contributed by atoms with Crippen LogP contribution < -0.4 is 5.32 Å². The van der Waals surface area contributed by atoms with Crippen molar-refractivity contribution < 1.29 is 4.79 Å². The van der Waals surface area contributed by atoms with E-state index in [2.05, 4.69) is 15.4 Å². The van der Waals surface area contributed by atoms with E-state index in [1.165, 1.54) is 6.20 Å². The first kappa shape index (κ1) is 19.2. The lowest BCUT2D eigenvalue weighted by Crippen LogP contribution is -2.14. The zero-order valence-corrected chi connectivity index (χ0v) is 16.9. The zero-order chi connectivity index (χ0) is 20.4. The Hall–Kier alpha value is -3.15. The maximum absolute atomic E-state index is 12.9. The Morgan fingerprint density at radius 1 is 1.00 bits per heavy atom. The molecule has 0 unspecified atom stereocenters. The van der Waals surface area contributed by atoms with E-state index in [-0.39, 0.29) is 11.1 Å². The third-order valence-corrected chi connectivity index (χ3v) is 4.94. The summed E-state index contributed by atoms with van der Waals surface area (Å²) >= 11 is 12.3. The van der Waals surface area contributed by atoms with Crippen LogP contribution in [0.3, 0.4) is 0 Å². The fourth-order valence-corrected chi connectivity index (χ4v) is 3.46. The molecule has 0 aliphatic rings. The molecule has 0 aliphatic heterocycles. The van der Waals surface area contributed by atoms with E-state index in [0.717, 1.165) is 16.9 Å². The van der Waals surface area contributed by atoms with Crippen LogP contribution in [0, 0.1) is 6.92 Å². The Bertz CT molecular complexity index is 1190. The molecular formula is C22H16Cl2N4O. The molecule has 0 fully saturated rings. The van der Waals surface area contributed by atoms with Gasteiger partial charge < -0.3 is 5.32 Å². The molecule has 7 heteroatoms. The number of pyridine rings is 1. The van der Waals surface area contributed by atoms with Crippen LogP contribution in [-0.4, -0.2) is 20.7 Å². The number of hydrogen-bond acceptors (Lipinski definition) is 3. The molecule has 5 nitrogen and oxygen atoms in total. The standard InChI is InChI=1S/C22H16Cl2N4O/c1-14-19(26-22(29)18-11-6-12-25-21(18)24)20(15-7-3-2-4-8-15)28(27-14)17-10-5-9-16(23)13-17/h2-13H,1H3,(H,26,29). The summed E-state index contributed by atoms with van der Waals surface area (Å²) in [4.78, 5) is 16.9. The summed E-state index contributed by atoms with van der Waals surface area (Å²) in [6, 6.07) is 20.4. The summed E-state index contributed by atoms with van der Waals surface area (Å²) in [7, 11) is 0. The Morgan fingerprint density at radius 3 is 2.52 bits per heavy atom. The highest BCUT2D eigenvalue weighted by Crippen LogP contribution is 2.34. The predicted octanol–water partition coefficient (Wildman–Crippen LogP) is 5.80. The highest BCUT2D eigenvalue weighted by molar-refractivity contribution is 6.33. The average Bonchev–Trinajstić information content (AvgIpc) is 3.05. The minimum absolute atomic E-state index is 0.145. The van der Waals surface area contributed by atoms with Gasteiger partial charge in [0.05, 0.1) is 28.3 Å². The fourth-order valence-electron chi connectivity index (χ4n) is 3.07. The van der Waals surface area contributed by atoms with E-state index < -0.39 is 0 Å². The number of carbonyl (C=O) groups is 1. The van der Waals surface area contributed by atoms with Gasteiger partial charge in [-0.05, 0) is 37.3 Å². The number of aromatic nitrogens is 3. The van der Waals surface area contributed by atoms with Crippen molar-refractivity contribution in [2.24, 2.45) is 0 Å². The highest BCUT2D eigenvalue weighted by Gasteiger charge is 2.21. The number of nitrogens with zero attached hydrogens (tertiary/aromatic N) is 3. The van der Waals surface area contributed by atoms with Crippen molar-refractivity contribution >= 4 is 34.8 Å². The van der Waals surface area contributed by atoms with Crippen molar-refractivity contribution in [1.82, 2.24) is 14.8 Å². The molecule has 0 saturated carbocycles. The number of amides is 1. The number of benzene rings is 2. The molecule has 4 aromatic rings. The number of hydrogen-bond donors (Lipinski definition) is 1. The predicted molar refractivity (Wildman–Crippen MR) is 116 cm³/mol. The summed E-state index contributed by atoms with van der Waals surface area (Å²) in [5.41, 5.74) is 4.00. The Morgan fingerprint density at radius 2 is 1.79 bits per heavy atom. The molecule has 29 heavy (non-hydrogen) atoms. The number of nitrogens with one attached hydrogen (secondary N) is 1. The SMILES string of the molecule is Cc1nn(-c2cccc(Cl)c2)c(-c2ccccc2)c1NC(=O)c1cccnc1Cl. The first-order chi connectivity index (χ1) is 14.0. The Kier molecular flexibility index (Phi) is 5.34. The molecule has 144 valence electrons. The largest absolute Gasteiger partial charge is 0.318 e. The number of rotatable bonds is 4. The van der Waals surface area contributed by atoms with Gasteiger partial charge in [0, 0.05) is 16.8 Å². The van der Waals surface area contributed by atoms with E-state index in [1.807, 2.05) is 55.5 Å². The van der Waals surface area contributed by atoms with Gasteiger partial charge in [-0.15, -0.1) is 0 Å². The van der Waals surface area contributed by atoms with Gasteiger partial charge in [0.2, 0.25) is 0 Å². The van der Waals surface area contributed by atoms with Crippen LogP contribution in [0.25, 0.3) is 16.9 Å². The molecule has 1 N–H and O–H groups in total. The van der Waals surface area contributed by atoms with Crippen LogP contribution in [0.4, 0.5) is 5.69 Å². The lowest BCUT2D eigenvalue weighted by molar-refractivity contribution is 0.102. The molecule has 2 aromatic heterocycles. The number of aryl methyl sites for hydroxylation is 1.